The fourth-order valence-electron chi connectivity index (χ4n) is 1.35. The predicted molar refractivity (Wildman–Crippen MR) is 72.4 cm³/mol. The molecule has 0 radical (unpaired) electrons. The smallest absolute Gasteiger partial charge is 0.182 e. The molecular formula is C13H12O2S2. The highest BCUT2D eigenvalue weighted by Crippen LogP contribution is 2.24. The highest BCUT2D eigenvalue weighted by Gasteiger charge is 2.07. The van der Waals surface area contributed by atoms with Gasteiger partial charge >= 0.3 is 0 Å². The number of Topliss-reactive ketones (excluding diaryl/α,β-unsaturated/α-hetero) is 1. The maximum Gasteiger partial charge on any atom is 0.182 e. The predicted octanol–water partition coefficient (Wildman–Crippen LogP) is 3.73. The molecular weight excluding hydrogens is 252 g/mol. The lowest BCUT2D eigenvalue weighted by atomic mass is 10.3. The standard InChI is InChI=1S/C13H12O2S2/c1-15-10-4-2-5-11(8-10)17-9-12(14)13-6-3-7-16-13/h2-8H,9H2,1H3. The van der Waals surface area contributed by atoms with Crippen molar-refractivity contribution in [1.29, 1.82) is 0 Å². The lowest BCUT2D eigenvalue weighted by Crippen LogP contribution is -1.98. The normalized spacial score (nSPS) is 10.2. The van der Waals surface area contributed by atoms with E-state index in [4.69, 9.17) is 4.74 Å². The first-order valence-electron chi connectivity index (χ1n) is 5.13. The van der Waals surface area contributed by atoms with Gasteiger partial charge in [-0.3, -0.25) is 4.79 Å². The first kappa shape index (κ1) is 12.2. The van der Waals surface area contributed by atoms with Crippen LogP contribution in [0.2, 0.25) is 0 Å². The fraction of sp³-hybridized carbons (Fsp3) is 0.154. The molecule has 1 aromatic carbocycles. The van der Waals surface area contributed by atoms with Crippen LogP contribution < -0.4 is 4.74 Å². The number of thiophene rings is 1. The molecule has 0 saturated carbocycles. The molecule has 0 N–H and O–H groups in total. The van der Waals surface area contributed by atoms with E-state index in [0.717, 1.165) is 15.5 Å². The van der Waals surface area contributed by atoms with Gasteiger partial charge in [0.1, 0.15) is 5.75 Å². The Kier molecular flexibility index (Phi) is 4.23. The average molecular weight is 264 g/mol. The molecule has 2 aromatic rings. The number of hydrogen-bond acceptors (Lipinski definition) is 4. The van der Waals surface area contributed by atoms with E-state index in [1.54, 1.807) is 7.11 Å². The number of rotatable bonds is 5. The molecule has 0 atom stereocenters. The summed E-state index contributed by atoms with van der Waals surface area (Å²) in [5, 5.41) is 1.92. The van der Waals surface area contributed by atoms with E-state index in [1.807, 2.05) is 41.8 Å². The van der Waals surface area contributed by atoms with Gasteiger partial charge in [0.25, 0.3) is 0 Å². The number of benzene rings is 1. The Labute approximate surface area is 109 Å². The Bertz CT molecular complexity index is 492. The SMILES string of the molecule is COc1cccc(SCC(=O)c2cccs2)c1. The fourth-order valence-corrected chi connectivity index (χ4v) is 2.93. The highest BCUT2D eigenvalue weighted by atomic mass is 32.2. The Morgan fingerprint density at radius 2 is 2.24 bits per heavy atom. The zero-order valence-electron chi connectivity index (χ0n) is 9.38. The summed E-state index contributed by atoms with van der Waals surface area (Å²) in [6.07, 6.45) is 0. The van der Waals surface area contributed by atoms with Crippen LogP contribution in [0.15, 0.2) is 46.7 Å². The Morgan fingerprint density at radius 1 is 1.35 bits per heavy atom. The molecule has 0 saturated heterocycles. The van der Waals surface area contributed by atoms with Crippen molar-refractivity contribution in [2.45, 2.75) is 4.90 Å². The highest BCUT2D eigenvalue weighted by molar-refractivity contribution is 8.00. The first-order chi connectivity index (χ1) is 8.29. The van der Waals surface area contributed by atoms with E-state index < -0.39 is 0 Å². The van der Waals surface area contributed by atoms with E-state index in [0.29, 0.717) is 5.75 Å². The van der Waals surface area contributed by atoms with Crippen molar-refractivity contribution in [2.75, 3.05) is 12.9 Å². The minimum atomic E-state index is 0.174. The molecule has 2 nitrogen and oxygen atoms in total. The van der Waals surface area contributed by atoms with E-state index in [2.05, 4.69) is 0 Å². The first-order valence-corrected chi connectivity index (χ1v) is 6.99. The lowest BCUT2D eigenvalue weighted by Gasteiger charge is -2.03. The summed E-state index contributed by atoms with van der Waals surface area (Å²) in [6.45, 7) is 0. The van der Waals surface area contributed by atoms with Crippen LogP contribution in [0.25, 0.3) is 0 Å². The van der Waals surface area contributed by atoms with Crippen molar-refractivity contribution >= 4 is 28.9 Å². The summed E-state index contributed by atoms with van der Waals surface area (Å²) >= 11 is 3.02. The van der Waals surface area contributed by atoms with Crippen LogP contribution in [-0.4, -0.2) is 18.6 Å². The van der Waals surface area contributed by atoms with Crippen LogP contribution in [0.5, 0.6) is 5.75 Å². The summed E-state index contributed by atoms with van der Waals surface area (Å²) in [6, 6.07) is 11.5. The Morgan fingerprint density at radius 3 is 2.94 bits per heavy atom. The molecule has 1 aromatic heterocycles. The second-order valence-corrected chi connectivity index (χ2v) is 5.36. The Hall–Kier alpha value is -1.26. The van der Waals surface area contributed by atoms with Gasteiger partial charge in [-0.15, -0.1) is 23.1 Å². The second-order valence-electron chi connectivity index (χ2n) is 3.37. The summed E-state index contributed by atoms with van der Waals surface area (Å²) in [5.41, 5.74) is 0. The van der Waals surface area contributed by atoms with Gasteiger partial charge in [0, 0.05) is 4.90 Å². The topological polar surface area (TPSA) is 26.3 Å². The number of carbonyl (C=O) groups is 1. The van der Waals surface area contributed by atoms with Gasteiger partial charge in [-0.2, -0.15) is 0 Å². The molecule has 0 bridgehead atoms. The molecule has 0 aliphatic carbocycles. The summed E-state index contributed by atoms with van der Waals surface area (Å²) < 4.78 is 5.14. The number of carbonyl (C=O) groups excluding carboxylic acids is 1. The van der Waals surface area contributed by atoms with Gasteiger partial charge in [-0.1, -0.05) is 12.1 Å². The minimum Gasteiger partial charge on any atom is -0.497 e. The molecule has 4 heteroatoms. The van der Waals surface area contributed by atoms with Crippen LogP contribution >= 0.6 is 23.1 Å². The van der Waals surface area contributed by atoms with E-state index in [-0.39, 0.29) is 5.78 Å². The van der Waals surface area contributed by atoms with Gasteiger partial charge in [0.2, 0.25) is 0 Å². The van der Waals surface area contributed by atoms with Gasteiger partial charge in [0.15, 0.2) is 5.78 Å². The average Bonchev–Trinajstić information content (AvgIpc) is 2.90. The van der Waals surface area contributed by atoms with Crippen molar-refractivity contribution in [3.63, 3.8) is 0 Å². The maximum atomic E-state index is 11.8. The second kappa shape index (κ2) is 5.89. The van der Waals surface area contributed by atoms with Crippen LogP contribution in [0.4, 0.5) is 0 Å². The third-order valence-electron chi connectivity index (χ3n) is 2.21. The van der Waals surface area contributed by atoms with Crippen molar-refractivity contribution < 1.29 is 9.53 Å². The van der Waals surface area contributed by atoms with Crippen LogP contribution in [0.1, 0.15) is 9.67 Å². The molecule has 0 aliphatic rings. The number of ether oxygens (including phenoxy) is 1. The molecule has 2 rings (SSSR count). The molecule has 0 aliphatic heterocycles. The zero-order chi connectivity index (χ0) is 12.1. The molecule has 0 unspecified atom stereocenters. The molecule has 0 amide bonds. The lowest BCUT2D eigenvalue weighted by molar-refractivity contribution is 0.102. The Balaban J connectivity index is 1.95. The number of thioether (sulfide) groups is 1. The van der Waals surface area contributed by atoms with E-state index >= 15 is 0 Å². The zero-order valence-corrected chi connectivity index (χ0v) is 11.0. The van der Waals surface area contributed by atoms with Crippen molar-refractivity contribution in [3.8, 4) is 5.75 Å². The molecule has 88 valence electrons. The number of hydrogen-bond donors (Lipinski definition) is 0. The third kappa shape index (κ3) is 3.35. The molecule has 17 heavy (non-hydrogen) atoms. The summed E-state index contributed by atoms with van der Waals surface area (Å²) in [7, 11) is 1.64. The van der Waals surface area contributed by atoms with Crippen molar-refractivity contribution in [1.82, 2.24) is 0 Å². The quantitative estimate of drug-likeness (QED) is 0.608. The van der Waals surface area contributed by atoms with Crippen LogP contribution in [0, 0.1) is 0 Å². The van der Waals surface area contributed by atoms with E-state index in [9.17, 15) is 4.79 Å². The van der Waals surface area contributed by atoms with Crippen LogP contribution in [-0.2, 0) is 0 Å². The maximum absolute atomic E-state index is 11.8. The van der Waals surface area contributed by atoms with Gasteiger partial charge in [-0.25, -0.2) is 0 Å². The summed E-state index contributed by atoms with van der Waals surface area (Å²) in [4.78, 5) is 13.7. The van der Waals surface area contributed by atoms with Gasteiger partial charge in [0.05, 0.1) is 17.7 Å². The van der Waals surface area contributed by atoms with E-state index in [1.165, 1.54) is 23.1 Å². The summed E-state index contributed by atoms with van der Waals surface area (Å²) in [5.74, 6) is 1.46. The van der Waals surface area contributed by atoms with Gasteiger partial charge < -0.3 is 4.74 Å². The third-order valence-corrected chi connectivity index (χ3v) is 4.11. The number of methoxy groups -OCH3 is 1. The van der Waals surface area contributed by atoms with Crippen molar-refractivity contribution in [2.24, 2.45) is 0 Å². The molecule has 1 heterocycles. The molecule has 0 fully saturated rings. The molecule has 0 spiro atoms. The largest absolute Gasteiger partial charge is 0.497 e. The minimum absolute atomic E-state index is 0.174. The number of ketones is 1. The van der Waals surface area contributed by atoms with Crippen molar-refractivity contribution in [3.05, 3.63) is 46.7 Å². The van der Waals surface area contributed by atoms with Gasteiger partial charge in [-0.05, 0) is 29.6 Å². The van der Waals surface area contributed by atoms with Crippen LogP contribution in [0.3, 0.4) is 0 Å². The monoisotopic (exact) mass is 264 g/mol.